The highest BCUT2D eigenvalue weighted by Gasteiger charge is 2.29. The molecule has 210 valence electrons. The molecule has 5 rings (SSSR count). The SMILES string of the molecule is O=C1CC=NC(CC(CN[C@@H]2CCS(=O)(=O)C2)c2ccc(C#Cc3ccc(CN4CCOCC4)cc3)cc2)=C1O. The lowest BCUT2D eigenvalue weighted by atomic mass is 9.91. The fourth-order valence-electron chi connectivity index (χ4n) is 5.21. The van der Waals surface area contributed by atoms with Gasteiger partial charge in [-0.15, -0.1) is 0 Å². The fraction of sp³-hybridized carbons (Fsp3) is 0.419. The Bertz CT molecular complexity index is 1430. The summed E-state index contributed by atoms with van der Waals surface area (Å²) in [5.41, 5.74) is 4.45. The fourth-order valence-corrected chi connectivity index (χ4v) is 6.91. The van der Waals surface area contributed by atoms with Crippen LogP contribution in [-0.2, 0) is 25.9 Å². The summed E-state index contributed by atoms with van der Waals surface area (Å²) in [5.74, 6) is 6.07. The van der Waals surface area contributed by atoms with E-state index < -0.39 is 9.84 Å². The van der Waals surface area contributed by atoms with Crippen molar-refractivity contribution in [3.8, 4) is 11.8 Å². The van der Waals surface area contributed by atoms with Gasteiger partial charge in [0.1, 0.15) is 0 Å². The second-order valence-corrected chi connectivity index (χ2v) is 12.8. The van der Waals surface area contributed by atoms with Crippen LogP contribution in [0.15, 0.2) is 65.0 Å². The number of hydrogen-bond acceptors (Lipinski definition) is 8. The van der Waals surface area contributed by atoms with E-state index in [0.717, 1.165) is 49.5 Å². The van der Waals surface area contributed by atoms with Crippen LogP contribution in [0, 0.1) is 11.8 Å². The molecule has 40 heavy (non-hydrogen) atoms. The number of ketones is 1. The first-order valence-electron chi connectivity index (χ1n) is 13.8. The Balaban J connectivity index is 1.25. The number of allylic oxidation sites excluding steroid dienone is 2. The molecule has 3 aliphatic heterocycles. The number of aliphatic imine (C=N–C) groups is 1. The number of nitrogens with zero attached hydrogens (tertiary/aromatic N) is 2. The maximum absolute atomic E-state index is 12.0. The minimum absolute atomic E-state index is 0.0994. The second kappa shape index (κ2) is 12.9. The number of aliphatic hydroxyl groups is 1. The van der Waals surface area contributed by atoms with Gasteiger partial charge in [0, 0.05) is 68.3 Å². The number of sulfone groups is 1. The van der Waals surface area contributed by atoms with Gasteiger partial charge < -0.3 is 15.2 Å². The summed E-state index contributed by atoms with van der Waals surface area (Å²) >= 11 is 0. The first kappa shape index (κ1) is 28.2. The summed E-state index contributed by atoms with van der Waals surface area (Å²) in [7, 11) is -3.00. The smallest absolute Gasteiger partial charge is 0.204 e. The highest BCUT2D eigenvalue weighted by molar-refractivity contribution is 7.91. The molecule has 1 unspecified atom stereocenters. The number of hydrogen-bond donors (Lipinski definition) is 2. The average Bonchev–Trinajstić information content (AvgIpc) is 3.32. The topological polar surface area (TPSA) is 108 Å². The van der Waals surface area contributed by atoms with Crippen molar-refractivity contribution in [1.29, 1.82) is 0 Å². The molecule has 9 heteroatoms. The number of carbonyl (C=O) groups excluding carboxylic acids is 1. The number of carbonyl (C=O) groups is 1. The molecule has 0 saturated carbocycles. The van der Waals surface area contributed by atoms with Crippen molar-refractivity contribution >= 4 is 21.8 Å². The van der Waals surface area contributed by atoms with Gasteiger partial charge in [0.2, 0.25) is 5.78 Å². The quantitative estimate of drug-likeness (QED) is 0.477. The molecule has 2 aromatic carbocycles. The third-order valence-corrected chi connectivity index (χ3v) is 9.35. The molecular weight excluding hydrogens is 526 g/mol. The molecule has 2 N–H and O–H groups in total. The minimum Gasteiger partial charge on any atom is -0.503 e. The zero-order valence-corrected chi connectivity index (χ0v) is 23.3. The molecule has 2 fully saturated rings. The molecule has 0 spiro atoms. The molecule has 3 heterocycles. The summed E-state index contributed by atoms with van der Waals surface area (Å²) in [4.78, 5) is 18.7. The van der Waals surface area contributed by atoms with Gasteiger partial charge in [-0.1, -0.05) is 36.1 Å². The van der Waals surface area contributed by atoms with Gasteiger partial charge in [0.25, 0.3) is 0 Å². The van der Waals surface area contributed by atoms with Crippen LogP contribution in [0.5, 0.6) is 0 Å². The van der Waals surface area contributed by atoms with Crippen molar-refractivity contribution in [3.63, 3.8) is 0 Å². The van der Waals surface area contributed by atoms with Gasteiger partial charge in [0.05, 0.1) is 30.4 Å². The summed E-state index contributed by atoms with van der Waals surface area (Å²) in [5, 5.41) is 13.7. The Hall–Kier alpha value is -3.29. The molecule has 0 amide bonds. The van der Waals surface area contributed by atoms with Crippen molar-refractivity contribution in [2.75, 3.05) is 44.4 Å². The van der Waals surface area contributed by atoms with Gasteiger partial charge in [-0.05, 0) is 41.8 Å². The number of benzene rings is 2. The highest BCUT2D eigenvalue weighted by Crippen LogP contribution is 2.28. The number of morpholine rings is 1. The average molecular weight is 562 g/mol. The third-order valence-electron chi connectivity index (χ3n) is 7.58. The third kappa shape index (κ3) is 7.67. The molecule has 2 aromatic rings. The lowest BCUT2D eigenvalue weighted by Crippen LogP contribution is -2.35. The normalized spacial score (nSPS) is 21.7. The number of nitrogens with one attached hydrogen (secondary N) is 1. The Kier molecular flexibility index (Phi) is 9.12. The highest BCUT2D eigenvalue weighted by atomic mass is 32.2. The van der Waals surface area contributed by atoms with Gasteiger partial charge >= 0.3 is 0 Å². The minimum atomic E-state index is -3.00. The van der Waals surface area contributed by atoms with E-state index in [4.69, 9.17) is 4.74 Å². The Morgan fingerprint density at radius 2 is 1.73 bits per heavy atom. The van der Waals surface area contributed by atoms with E-state index in [2.05, 4.69) is 39.2 Å². The predicted molar refractivity (Wildman–Crippen MR) is 155 cm³/mol. The Labute approximate surface area is 236 Å². The molecular formula is C31H35N3O5S. The monoisotopic (exact) mass is 561 g/mol. The predicted octanol–water partition coefficient (Wildman–Crippen LogP) is 2.98. The van der Waals surface area contributed by atoms with Crippen molar-refractivity contribution in [1.82, 2.24) is 10.2 Å². The molecule has 0 aliphatic carbocycles. The second-order valence-electron chi connectivity index (χ2n) is 10.6. The molecule has 2 atom stereocenters. The number of Topliss-reactive ketones (excluding diaryl/α,β-unsaturated/α-hetero) is 1. The lowest BCUT2D eigenvalue weighted by molar-refractivity contribution is -0.117. The largest absolute Gasteiger partial charge is 0.503 e. The summed E-state index contributed by atoms with van der Waals surface area (Å²) in [6.07, 6.45) is 2.58. The van der Waals surface area contributed by atoms with Crippen molar-refractivity contribution in [2.45, 2.75) is 37.8 Å². The number of aliphatic hydroxyl groups excluding tert-OH is 1. The lowest BCUT2D eigenvalue weighted by Gasteiger charge is -2.26. The summed E-state index contributed by atoms with van der Waals surface area (Å²) < 4.78 is 29.2. The van der Waals surface area contributed by atoms with Gasteiger partial charge in [-0.2, -0.15) is 0 Å². The first-order chi connectivity index (χ1) is 19.3. The zero-order chi connectivity index (χ0) is 28.0. The molecule has 3 aliphatic rings. The molecule has 2 saturated heterocycles. The van der Waals surface area contributed by atoms with E-state index in [9.17, 15) is 18.3 Å². The van der Waals surface area contributed by atoms with E-state index in [-0.39, 0.29) is 41.4 Å². The van der Waals surface area contributed by atoms with E-state index in [1.165, 1.54) is 11.8 Å². The van der Waals surface area contributed by atoms with Gasteiger partial charge in [-0.3, -0.25) is 14.7 Å². The molecule has 0 aromatic heterocycles. The maximum Gasteiger partial charge on any atom is 0.204 e. The van der Waals surface area contributed by atoms with E-state index in [1.807, 2.05) is 36.4 Å². The van der Waals surface area contributed by atoms with Crippen molar-refractivity contribution in [2.24, 2.45) is 4.99 Å². The summed E-state index contributed by atoms with van der Waals surface area (Å²) in [6.45, 7) is 4.92. The molecule has 8 nitrogen and oxygen atoms in total. The van der Waals surface area contributed by atoms with E-state index in [0.29, 0.717) is 25.1 Å². The summed E-state index contributed by atoms with van der Waals surface area (Å²) in [6, 6.07) is 16.2. The number of ether oxygens (including phenoxy) is 1. The van der Waals surface area contributed by atoms with Gasteiger partial charge in [0.15, 0.2) is 15.6 Å². The van der Waals surface area contributed by atoms with E-state index in [1.54, 1.807) is 0 Å². The van der Waals surface area contributed by atoms with Crippen molar-refractivity contribution < 1.29 is 23.1 Å². The molecule has 0 bridgehead atoms. The standard InChI is InChI=1S/C31H35N3O5S/c35-30-11-13-32-29(31(30)36)19-27(20-33-28-12-18-40(37,38)22-28)26-9-7-24(8-10-26)2-1-23-3-5-25(6-4-23)21-34-14-16-39-17-15-34/h3-10,13,27-28,33,36H,11-12,14-22H2/t27?,28-/m1/s1. The van der Waals surface area contributed by atoms with Crippen LogP contribution in [-0.4, -0.2) is 80.8 Å². The Morgan fingerprint density at radius 1 is 1.05 bits per heavy atom. The maximum atomic E-state index is 12.0. The van der Waals surface area contributed by atoms with Crippen molar-refractivity contribution in [3.05, 3.63) is 82.2 Å². The zero-order valence-electron chi connectivity index (χ0n) is 22.5. The first-order valence-corrected chi connectivity index (χ1v) is 15.6. The van der Waals surface area contributed by atoms with E-state index >= 15 is 0 Å². The van der Waals surface area contributed by atoms with Crippen LogP contribution in [0.25, 0.3) is 0 Å². The van der Waals surface area contributed by atoms with Crippen LogP contribution in [0.4, 0.5) is 0 Å². The van der Waals surface area contributed by atoms with Crippen LogP contribution < -0.4 is 5.32 Å². The van der Waals surface area contributed by atoms with Crippen LogP contribution in [0.3, 0.4) is 0 Å². The number of rotatable bonds is 8. The van der Waals surface area contributed by atoms with Crippen LogP contribution >= 0.6 is 0 Å². The van der Waals surface area contributed by atoms with Crippen LogP contribution in [0.1, 0.15) is 47.4 Å². The Morgan fingerprint density at radius 3 is 2.38 bits per heavy atom. The van der Waals surface area contributed by atoms with Gasteiger partial charge in [-0.25, -0.2) is 8.42 Å². The van der Waals surface area contributed by atoms with Crippen LogP contribution in [0.2, 0.25) is 0 Å². The molecule has 0 radical (unpaired) electrons.